The summed E-state index contributed by atoms with van der Waals surface area (Å²) in [5, 5.41) is 0. The summed E-state index contributed by atoms with van der Waals surface area (Å²) in [5.74, 6) is 1.27. The van der Waals surface area contributed by atoms with Gasteiger partial charge in [0.2, 0.25) is 5.88 Å². The zero-order chi connectivity index (χ0) is 16.2. The highest BCUT2D eigenvalue weighted by molar-refractivity contribution is 5.92. The molecule has 23 heavy (non-hydrogen) atoms. The first-order valence-corrected chi connectivity index (χ1v) is 7.94. The molecule has 0 spiro atoms. The molecule has 1 aliphatic rings. The minimum Gasteiger partial charge on any atom is -0.481 e. The van der Waals surface area contributed by atoms with E-state index < -0.39 is 0 Å². The third-order valence-electron chi connectivity index (χ3n) is 4.28. The van der Waals surface area contributed by atoms with E-state index in [-0.39, 0.29) is 5.91 Å². The first-order valence-electron chi connectivity index (χ1n) is 7.94. The van der Waals surface area contributed by atoms with Gasteiger partial charge in [0.15, 0.2) is 0 Å². The van der Waals surface area contributed by atoms with Crippen LogP contribution in [0.2, 0.25) is 0 Å². The van der Waals surface area contributed by atoms with Crippen molar-refractivity contribution in [3.05, 3.63) is 42.2 Å². The van der Waals surface area contributed by atoms with Crippen LogP contribution >= 0.6 is 0 Å². The maximum absolute atomic E-state index is 12.6. The number of likely N-dealkylation sites (tertiary alicyclic amines) is 1. The number of rotatable bonds is 3. The standard InChI is InChI=1S/C18H21N3O2/c1-13-8-10-21(11-9-13)18(22)16-5-3-4-15(20-16)14-6-7-17(23-2)19-12-14/h3-7,12-13H,8-11H2,1-2H3. The Labute approximate surface area is 136 Å². The highest BCUT2D eigenvalue weighted by Crippen LogP contribution is 2.21. The molecule has 2 aromatic heterocycles. The van der Waals surface area contributed by atoms with Gasteiger partial charge in [0.1, 0.15) is 5.69 Å². The van der Waals surface area contributed by atoms with Gasteiger partial charge in [0.25, 0.3) is 5.91 Å². The lowest BCUT2D eigenvalue weighted by Crippen LogP contribution is -2.38. The van der Waals surface area contributed by atoms with Crippen LogP contribution in [-0.2, 0) is 0 Å². The molecular weight excluding hydrogens is 290 g/mol. The van der Waals surface area contributed by atoms with Gasteiger partial charge in [-0.2, -0.15) is 0 Å². The van der Waals surface area contributed by atoms with Crippen molar-refractivity contribution in [3.8, 4) is 17.1 Å². The number of amides is 1. The number of nitrogens with zero attached hydrogens (tertiary/aromatic N) is 3. The SMILES string of the molecule is COc1ccc(-c2cccc(C(=O)N3CCC(C)CC3)n2)cn1. The van der Waals surface area contributed by atoms with E-state index in [1.54, 1.807) is 25.4 Å². The van der Waals surface area contributed by atoms with Crippen molar-refractivity contribution in [3.63, 3.8) is 0 Å². The first-order chi connectivity index (χ1) is 11.2. The minimum absolute atomic E-state index is 0.0141. The van der Waals surface area contributed by atoms with E-state index in [0.29, 0.717) is 17.5 Å². The fourth-order valence-electron chi connectivity index (χ4n) is 2.74. The van der Waals surface area contributed by atoms with Gasteiger partial charge < -0.3 is 9.64 Å². The summed E-state index contributed by atoms with van der Waals surface area (Å²) in [6, 6.07) is 9.22. The molecule has 5 heteroatoms. The molecule has 0 radical (unpaired) electrons. The zero-order valence-corrected chi connectivity index (χ0v) is 13.5. The monoisotopic (exact) mass is 311 g/mol. The van der Waals surface area contributed by atoms with Crippen LogP contribution in [0.5, 0.6) is 5.88 Å². The van der Waals surface area contributed by atoms with Crippen LogP contribution in [0.3, 0.4) is 0 Å². The molecule has 0 unspecified atom stereocenters. The maximum Gasteiger partial charge on any atom is 0.272 e. The Morgan fingerprint density at radius 3 is 2.65 bits per heavy atom. The number of hydrogen-bond acceptors (Lipinski definition) is 4. The lowest BCUT2D eigenvalue weighted by atomic mass is 9.99. The van der Waals surface area contributed by atoms with Gasteiger partial charge in [-0.1, -0.05) is 13.0 Å². The normalized spacial score (nSPS) is 15.5. The van der Waals surface area contributed by atoms with E-state index in [1.165, 1.54) is 0 Å². The van der Waals surface area contributed by atoms with Crippen LogP contribution < -0.4 is 4.74 Å². The molecule has 0 N–H and O–H groups in total. The van der Waals surface area contributed by atoms with Gasteiger partial charge in [-0.05, 0) is 37.0 Å². The number of hydrogen-bond donors (Lipinski definition) is 0. The van der Waals surface area contributed by atoms with Gasteiger partial charge in [-0.25, -0.2) is 9.97 Å². The number of carbonyl (C=O) groups excluding carboxylic acids is 1. The van der Waals surface area contributed by atoms with Crippen LogP contribution in [0.25, 0.3) is 11.3 Å². The number of carbonyl (C=O) groups is 1. The lowest BCUT2D eigenvalue weighted by molar-refractivity contribution is 0.0691. The van der Waals surface area contributed by atoms with Crippen LogP contribution in [0.4, 0.5) is 0 Å². The molecule has 1 saturated heterocycles. The molecule has 2 aromatic rings. The summed E-state index contributed by atoms with van der Waals surface area (Å²) in [6.45, 7) is 3.86. The molecule has 0 atom stereocenters. The van der Waals surface area contributed by atoms with Crippen LogP contribution in [0, 0.1) is 5.92 Å². The number of pyridine rings is 2. The van der Waals surface area contributed by atoms with Crippen LogP contribution in [0.1, 0.15) is 30.3 Å². The van der Waals surface area contributed by atoms with Crippen molar-refractivity contribution >= 4 is 5.91 Å². The van der Waals surface area contributed by atoms with Gasteiger partial charge in [-0.3, -0.25) is 4.79 Å². The topological polar surface area (TPSA) is 55.3 Å². The third-order valence-corrected chi connectivity index (χ3v) is 4.28. The zero-order valence-electron chi connectivity index (χ0n) is 13.5. The number of ether oxygens (including phenoxy) is 1. The second kappa shape index (κ2) is 6.77. The van der Waals surface area contributed by atoms with Gasteiger partial charge in [-0.15, -0.1) is 0 Å². The largest absolute Gasteiger partial charge is 0.481 e. The second-order valence-electron chi connectivity index (χ2n) is 5.97. The molecular formula is C18H21N3O2. The number of piperidine rings is 1. The van der Waals surface area contributed by atoms with Gasteiger partial charge >= 0.3 is 0 Å². The molecule has 1 amide bonds. The fraction of sp³-hybridized carbons (Fsp3) is 0.389. The molecule has 3 rings (SSSR count). The quantitative estimate of drug-likeness (QED) is 0.874. The molecule has 1 aliphatic heterocycles. The van der Waals surface area contributed by atoms with E-state index >= 15 is 0 Å². The molecule has 120 valence electrons. The Balaban J connectivity index is 1.80. The predicted octanol–water partition coefficient (Wildman–Crippen LogP) is 3.02. The van der Waals surface area contributed by atoms with E-state index in [0.717, 1.165) is 37.2 Å². The van der Waals surface area contributed by atoms with E-state index in [4.69, 9.17) is 4.74 Å². The average molecular weight is 311 g/mol. The molecule has 0 aliphatic carbocycles. The van der Waals surface area contributed by atoms with E-state index in [1.807, 2.05) is 23.1 Å². The van der Waals surface area contributed by atoms with Crippen LogP contribution in [-0.4, -0.2) is 41.0 Å². The van der Waals surface area contributed by atoms with Crippen molar-refractivity contribution in [2.24, 2.45) is 5.92 Å². The Kier molecular flexibility index (Phi) is 4.55. The molecule has 0 saturated carbocycles. The first kappa shape index (κ1) is 15.5. The minimum atomic E-state index is 0.0141. The van der Waals surface area contributed by atoms with Crippen LogP contribution in [0.15, 0.2) is 36.5 Å². The summed E-state index contributed by atoms with van der Waals surface area (Å²) < 4.78 is 5.06. The summed E-state index contributed by atoms with van der Waals surface area (Å²) in [7, 11) is 1.58. The van der Waals surface area contributed by atoms with Crippen molar-refractivity contribution in [1.29, 1.82) is 0 Å². The molecule has 3 heterocycles. The van der Waals surface area contributed by atoms with E-state index in [2.05, 4.69) is 16.9 Å². The number of methoxy groups -OCH3 is 1. The summed E-state index contributed by atoms with van der Waals surface area (Å²) in [4.78, 5) is 23.2. The summed E-state index contributed by atoms with van der Waals surface area (Å²) in [5.41, 5.74) is 2.11. The Morgan fingerprint density at radius 1 is 1.22 bits per heavy atom. The highest BCUT2D eigenvalue weighted by atomic mass is 16.5. The smallest absolute Gasteiger partial charge is 0.272 e. The Bertz CT molecular complexity index is 677. The maximum atomic E-state index is 12.6. The molecule has 5 nitrogen and oxygen atoms in total. The molecule has 0 bridgehead atoms. The summed E-state index contributed by atoms with van der Waals surface area (Å²) in [6.07, 6.45) is 3.83. The van der Waals surface area contributed by atoms with Crippen molar-refractivity contribution < 1.29 is 9.53 Å². The van der Waals surface area contributed by atoms with E-state index in [9.17, 15) is 4.79 Å². The summed E-state index contributed by atoms with van der Waals surface area (Å²) >= 11 is 0. The molecule has 0 aromatic carbocycles. The van der Waals surface area contributed by atoms with Crippen molar-refractivity contribution in [2.45, 2.75) is 19.8 Å². The Hall–Kier alpha value is -2.43. The van der Waals surface area contributed by atoms with Crippen molar-refractivity contribution in [1.82, 2.24) is 14.9 Å². The van der Waals surface area contributed by atoms with Crippen molar-refractivity contribution in [2.75, 3.05) is 20.2 Å². The number of aromatic nitrogens is 2. The predicted molar refractivity (Wildman–Crippen MR) is 88.3 cm³/mol. The lowest BCUT2D eigenvalue weighted by Gasteiger charge is -2.30. The van der Waals surface area contributed by atoms with Gasteiger partial charge in [0.05, 0.1) is 12.8 Å². The second-order valence-corrected chi connectivity index (χ2v) is 5.97. The third kappa shape index (κ3) is 3.50. The highest BCUT2D eigenvalue weighted by Gasteiger charge is 2.22. The average Bonchev–Trinajstić information content (AvgIpc) is 2.62. The molecule has 1 fully saturated rings. The van der Waals surface area contributed by atoms with Gasteiger partial charge in [0, 0.05) is 30.9 Å². The Morgan fingerprint density at radius 2 is 2.00 bits per heavy atom. The fourth-order valence-corrected chi connectivity index (χ4v) is 2.74.